The first-order valence-electron chi connectivity index (χ1n) is 13.3. The summed E-state index contributed by atoms with van der Waals surface area (Å²) in [5.41, 5.74) is 2.09. The summed E-state index contributed by atoms with van der Waals surface area (Å²) in [7, 11) is 4.34. The van der Waals surface area contributed by atoms with Gasteiger partial charge in [0.15, 0.2) is 0 Å². The van der Waals surface area contributed by atoms with Crippen LogP contribution in [-0.2, 0) is 10.4 Å². The Balaban J connectivity index is 0.000000523. The molecule has 1 N–H and O–H groups in total. The van der Waals surface area contributed by atoms with Gasteiger partial charge in [0.2, 0.25) is 0 Å². The highest BCUT2D eigenvalue weighted by molar-refractivity contribution is 5.49. The van der Waals surface area contributed by atoms with E-state index in [4.69, 9.17) is 0 Å². The Morgan fingerprint density at radius 1 is 1.00 bits per heavy atom. The molecule has 0 radical (unpaired) electrons. The number of rotatable bonds is 3. The average molecular weight is 515 g/mol. The van der Waals surface area contributed by atoms with Gasteiger partial charge >= 0.3 is 6.18 Å². The Hall–Kier alpha value is -1.70. The first kappa shape index (κ1) is 34.3. The van der Waals surface area contributed by atoms with E-state index >= 15 is 0 Å². The number of alkyl halides is 3. The van der Waals surface area contributed by atoms with Crippen molar-refractivity contribution < 1.29 is 23.1 Å². The molecule has 0 spiro atoms. The third kappa shape index (κ3) is 13.0. The highest BCUT2D eigenvalue weighted by Crippen LogP contribution is 2.48. The largest absolute Gasteiger partial charge is 0.389 e. The topological polar surface area (TPSA) is 43.8 Å². The molecular weight excluding hydrogens is 465 g/mol. The number of likely N-dealkylation sites (N-methyl/N-ethyl adjacent to an activating group) is 1. The van der Waals surface area contributed by atoms with Crippen molar-refractivity contribution in [2.75, 3.05) is 40.3 Å². The highest BCUT2D eigenvalue weighted by atomic mass is 19.4. The third-order valence-electron chi connectivity index (χ3n) is 6.45. The van der Waals surface area contributed by atoms with Crippen molar-refractivity contribution in [1.29, 1.82) is 0 Å². The molecular formula is C29H49F3N2O2. The van der Waals surface area contributed by atoms with Gasteiger partial charge in [0.05, 0.1) is 12.0 Å². The molecule has 0 amide bonds. The maximum atomic E-state index is 11.1. The number of carbonyl (C=O) groups excluding carboxylic acids is 1. The van der Waals surface area contributed by atoms with Crippen LogP contribution in [0.15, 0.2) is 42.0 Å². The van der Waals surface area contributed by atoms with Crippen LogP contribution < -0.4 is 0 Å². The number of hydrogen-bond donors (Lipinski definition) is 1. The van der Waals surface area contributed by atoms with Crippen molar-refractivity contribution in [2.45, 2.75) is 78.5 Å². The van der Waals surface area contributed by atoms with Gasteiger partial charge in [0.25, 0.3) is 0 Å². The van der Waals surface area contributed by atoms with E-state index in [1.54, 1.807) is 5.57 Å². The molecule has 7 heteroatoms. The van der Waals surface area contributed by atoms with Crippen LogP contribution in [0, 0.1) is 11.8 Å². The molecule has 2 unspecified atom stereocenters. The van der Waals surface area contributed by atoms with Crippen LogP contribution in [0.3, 0.4) is 0 Å². The summed E-state index contributed by atoms with van der Waals surface area (Å²) in [6.07, 6.45) is 0.0758. The van der Waals surface area contributed by atoms with Gasteiger partial charge in [-0.25, -0.2) is 0 Å². The van der Waals surface area contributed by atoms with Crippen molar-refractivity contribution in [3.8, 4) is 0 Å². The molecule has 2 atom stereocenters. The summed E-state index contributed by atoms with van der Waals surface area (Å²) >= 11 is 0. The molecule has 1 aromatic rings. The number of aliphatic hydroxyl groups is 1. The molecule has 2 aliphatic heterocycles. The minimum Gasteiger partial charge on any atom is -0.385 e. The Kier molecular flexibility index (Phi) is 16.9. The van der Waals surface area contributed by atoms with E-state index in [1.807, 2.05) is 45.9 Å². The van der Waals surface area contributed by atoms with E-state index in [2.05, 4.69) is 49.0 Å². The summed E-state index contributed by atoms with van der Waals surface area (Å²) in [6.45, 7) is 14.9. The summed E-state index contributed by atoms with van der Waals surface area (Å²) in [5.74, 6) is 1.38. The minimum atomic E-state index is -4.18. The molecule has 36 heavy (non-hydrogen) atoms. The molecule has 208 valence electrons. The Morgan fingerprint density at radius 3 is 1.89 bits per heavy atom. The molecule has 4 rings (SSSR count). The number of likely N-dealkylation sites (tertiary alicyclic amines) is 1. The Labute approximate surface area is 217 Å². The van der Waals surface area contributed by atoms with Crippen LogP contribution in [0.1, 0.15) is 72.3 Å². The second kappa shape index (κ2) is 17.7. The highest BCUT2D eigenvalue weighted by Gasteiger charge is 2.48. The molecule has 2 fully saturated rings. The fraction of sp³-hybridized carbons (Fsp3) is 0.690. The molecule has 1 aromatic carbocycles. The molecule has 2 heterocycles. The van der Waals surface area contributed by atoms with E-state index < -0.39 is 24.6 Å². The lowest BCUT2D eigenvalue weighted by molar-refractivity contribution is -0.139. The SMILES string of the molecule is CC.CC.CC1=CCN(C)CC1.CN1CC2CC(O)(c3ccccc3)CC2C1.O=CCCC(F)(F)F. The quantitative estimate of drug-likeness (QED) is 0.360. The van der Waals surface area contributed by atoms with Crippen molar-refractivity contribution in [1.82, 2.24) is 9.80 Å². The standard InChI is InChI=1S/C14H19NO.C7H13N.C4H5F3O.2C2H6/c1-15-9-11-7-14(16,8-12(11)10-15)13-5-3-2-4-6-13;1-7-3-5-8(2)6-4-7;5-4(6,7)2-1-3-8;2*1-2/h2-6,11-12,16H,7-10H2,1H3;3H,4-6H2,1-2H3;3H,1-2H2;2*1-2H3. The van der Waals surface area contributed by atoms with Crippen LogP contribution in [0.25, 0.3) is 0 Å². The second-order valence-electron chi connectivity index (χ2n) is 9.43. The first-order chi connectivity index (χ1) is 17.0. The number of benzene rings is 1. The van der Waals surface area contributed by atoms with Gasteiger partial charge in [-0.1, -0.05) is 69.7 Å². The minimum absolute atomic E-state index is 0.257. The number of hydrogen-bond acceptors (Lipinski definition) is 4. The lowest BCUT2D eigenvalue weighted by Crippen LogP contribution is -2.26. The van der Waals surface area contributed by atoms with Crippen molar-refractivity contribution in [3.63, 3.8) is 0 Å². The molecule has 1 saturated heterocycles. The van der Waals surface area contributed by atoms with Gasteiger partial charge < -0.3 is 19.7 Å². The third-order valence-corrected chi connectivity index (χ3v) is 6.45. The predicted molar refractivity (Wildman–Crippen MR) is 144 cm³/mol. The lowest BCUT2D eigenvalue weighted by Gasteiger charge is -2.25. The average Bonchev–Trinajstić information content (AvgIpc) is 3.36. The van der Waals surface area contributed by atoms with Crippen LogP contribution in [0.2, 0.25) is 0 Å². The predicted octanol–water partition coefficient (Wildman–Crippen LogP) is 6.69. The number of aldehydes is 1. The monoisotopic (exact) mass is 514 g/mol. The number of nitrogens with zero attached hydrogens (tertiary/aromatic N) is 2. The Bertz CT molecular complexity index is 724. The number of halogens is 3. The van der Waals surface area contributed by atoms with E-state index in [1.165, 1.54) is 13.0 Å². The summed E-state index contributed by atoms with van der Waals surface area (Å²) in [4.78, 5) is 14.1. The van der Waals surface area contributed by atoms with E-state index in [9.17, 15) is 23.1 Å². The lowest BCUT2D eigenvalue weighted by atomic mass is 9.90. The van der Waals surface area contributed by atoms with Crippen molar-refractivity contribution in [3.05, 3.63) is 47.5 Å². The number of fused-ring (bicyclic) bond motifs is 1. The number of carbonyl (C=O) groups is 1. The van der Waals surface area contributed by atoms with Gasteiger partial charge in [-0.05, 0) is 57.7 Å². The zero-order valence-electron chi connectivity index (χ0n) is 23.4. The molecule has 0 bridgehead atoms. The molecule has 1 saturated carbocycles. The maximum Gasteiger partial charge on any atom is 0.389 e. The van der Waals surface area contributed by atoms with Crippen LogP contribution >= 0.6 is 0 Å². The Morgan fingerprint density at radius 2 is 1.53 bits per heavy atom. The van der Waals surface area contributed by atoms with Crippen LogP contribution in [-0.4, -0.2) is 67.6 Å². The normalized spacial score (nSPS) is 25.2. The molecule has 4 nitrogen and oxygen atoms in total. The van der Waals surface area contributed by atoms with Gasteiger partial charge in [0.1, 0.15) is 6.29 Å². The zero-order valence-corrected chi connectivity index (χ0v) is 23.4. The summed E-state index contributed by atoms with van der Waals surface area (Å²) in [5, 5.41) is 10.7. The van der Waals surface area contributed by atoms with Crippen LogP contribution in [0.4, 0.5) is 13.2 Å². The van der Waals surface area contributed by atoms with E-state index in [0.717, 1.165) is 38.0 Å². The van der Waals surface area contributed by atoms with Crippen molar-refractivity contribution >= 4 is 6.29 Å². The first-order valence-corrected chi connectivity index (χ1v) is 13.3. The molecule has 3 aliphatic rings. The summed E-state index contributed by atoms with van der Waals surface area (Å²) in [6, 6.07) is 10.2. The van der Waals surface area contributed by atoms with Gasteiger partial charge in [-0.2, -0.15) is 13.2 Å². The molecule has 0 aromatic heterocycles. The summed E-state index contributed by atoms with van der Waals surface area (Å²) < 4.78 is 33.3. The van der Waals surface area contributed by atoms with Crippen molar-refractivity contribution in [2.24, 2.45) is 11.8 Å². The van der Waals surface area contributed by atoms with Gasteiger partial charge in [-0.15, -0.1) is 0 Å². The van der Waals surface area contributed by atoms with E-state index in [-0.39, 0.29) is 6.29 Å². The maximum absolute atomic E-state index is 11.1. The van der Waals surface area contributed by atoms with Gasteiger partial charge in [-0.3, -0.25) is 0 Å². The fourth-order valence-corrected chi connectivity index (χ4v) is 4.67. The van der Waals surface area contributed by atoms with Crippen LogP contribution in [0.5, 0.6) is 0 Å². The zero-order chi connectivity index (χ0) is 27.8. The van der Waals surface area contributed by atoms with E-state index in [0.29, 0.717) is 11.8 Å². The molecule has 1 aliphatic carbocycles. The second-order valence-corrected chi connectivity index (χ2v) is 9.43. The fourth-order valence-electron chi connectivity index (χ4n) is 4.67. The smallest absolute Gasteiger partial charge is 0.385 e. The van der Waals surface area contributed by atoms with Gasteiger partial charge in [0, 0.05) is 32.6 Å².